The minimum absolute atomic E-state index is 0.00829. The Morgan fingerprint density at radius 1 is 1.22 bits per heavy atom. The maximum atomic E-state index is 13.0. The van der Waals surface area contributed by atoms with E-state index in [1.807, 2.05) is 55.5 Å². The van der Waals surface area contributed by atoms with Crippen LogP contribution in [0, 0.1) is 5.92 Å². The molecule has 32 heavy (non-hydrogen) atoms. The summed E-state index contributed by atoms with van der Waals surface area (Å²) in [6.07, 6.45) is 7.43. The lowest BCUT2D eigenvalue weighted by Gasteiger charge is -2.25. The van der Waals surface area contributed by atoms with Crippen LogP contribution in [0.2, 0.25) is 0 Å². The second-order valence-electron chi connectivity index (χ2n) is 8.64. The summed E-state index contributed by atoms with van der Waals surface area (Å²) < 4.78 is 0. The Morgan fingerprint density at radius 2 is 2.09 bits per heavy atom. The highest BCUT2D eigenvalue weighted by molar-refractivity contribution is 5.97. The number of amides is 2. The van der Waals surface area contributed by atoms with Crippen molar-refractivity contribution in [2.75, 3.05) is 33.7 Å². The van der Waals surface area contributed by atoms with Gasteiger partial charge in [0.25, 0.3) is 5.91 Å². The number of fused-ring (bicyclic) bond motifs is 1. The maximum Gasteiger partial charge on any atom is 0.253 e. The monoisotopic (exact) mass is 434 g/mol. The van der Waals surface area contributed by atoms with Crippen LogP contribution >= 0.6 is 0 Å². The molecular weight excluding hydrogens is 404 g/mol. The molecule has 0 aliphatic carbocycles. The normalized spacial score (nSPS) is 19.4. The summed E-state index contributed by atoms with van der Waals surface area (Å²) >= 11 is 0. The topological polar surface area (TPSA) is 94.2 Å². The highest BCUT2D eigenvalue weighted by atomic mass is 16.2. The van der Waals surface area contributed by atoms with Gasteiger partial charge in [0.1, 0.15) is 5.65 Å². The van der Waals surface area contributed by atoms with Gasteiger partial charge in [-0.2, -0.15) is 0 Å². The molecule has 1 aliphatic rings. The Kier molecular flexibility index (Phi) is 6.80. The van der Waals surface area contributed by atoms with Crippen LogP contribution < -0.4 is 5.32 Å². The number of hydrogen-bond donors (Lipinski definition) is 2. The second kappa shape index (κ2) is 9.91. The van der Waals surface area contributed by atoms with Crippen LogP contribution in [-0.4, -0.2) is 76.3 Å². The van der Waals surface area contributed by atoms with Gasteiger partial charge in [0.05, 0.1) is 11.5 Å². The molecule has 0 radical (unpaired) electrons. The number of carbonyl (C=O) groups is 2. The van der Waals surface area contributed by atoms with Crippen molar-refractivity contribution in [3.05, 3.63) is 60.2 Å². The van der Waals surface area contributed by atoms with E-state index < -0.39 is 0 Å². The summed E-state index contributed by atoms with van der Waals surface area (Å²) in [6.45, 7) is 2.05. The quantitative estimate of drug-likeness (QED) is 0.620. The standard InChI is InChI=1S/C24H30N6O2/c1-29-15-18(24(32)30(2)12-9-20-5-3-4-10-25-20)6-7-21(16-29)28-23(31)19-13-17-8-11-26-22(17)27-14-19/h3-5,8,10-11,13-14,18,21H,6-7,9,12,15-16H2,1-2H3,(H,26,27)(H,28,31)/t18-,21+/m1/s1. The lowest BCUT2D eigenvalue weighted by atomic mass is 10.00. The Labute approximate surface area is 188 Å². The van der Waals surface area contributed by atoms with Gasteiger partial charge in [-0.05, 0) is 44.2 Å². The van der Waals surface area contributed by atoms with E-state index in [-0.39, 0.29) is 23.8 Å². The van der Waals surface area contributed by atoms with Gasteiger partial charge in [0.2, 0.25) is 5.91 Å². The highest BCUT2D eigenvalue weighted by Gasteiger charge is 2.29. The SMILES string of the molecule is CN1C[C@@H](NC(=O)c2cnc3[nH]ccc3c2)CC[C@@H](C(=O)N(C)CCc2ccccn2)C1. The van der Waals surface area contributed by atoms with Crippen LogP contribution in [0.1, 0.15) is 28.9 Å². The Balaban J connectivity index is 1.32. The van der Waals surface area contributed by atoms with Crippen molar-refractivity contribution in [3.63, 3.8) is 0 Å². The van der Waals surface area contributed by atoms with Crippen molar-refractivity contribution < 1.29 is 9.59 Å². The zero-order valence-corrected chi connectivity index (χ0v) is 18.6. The molecule has 0 aromatic carbocycles. The largest absolute Gasteiger partial charge is 0.348 e. The molecule has 1 aliphatic heterocycles. The number of likely N-dealkylation sites (N-methyl/N-ethyl adjacent to an activating group) is 2. The number of likely N-dealkylation sites (tertiary alicyclic amines) is 1. The molecule has 0 bridgehead atoms. The van der Waals surface area contributed by atoms with E-state index in [0.29, 0.717) is 25.2 Å². The number of nitrogens with zero attached hydrogens (tertiary/aromatic N) is 4. The van der Waals surface area contributed by atoms with Crippen LogP contribution in [0.5, 0.6) is 0 Å². The van der Waals surface area contributed by atoms with Crippen LogP contribution in [0.3, 0.4) is 0 Å². The van der Waals surface area contributed by atoms with E-state index >= 15 is 0 Å². The van der Waals surface area contributed by atoms with Gasteiger partial charge in [0.15, 0.2) is 0 Å². The molecule has 3 aromatic rings. The lowest BCUT2D eigenvalue weighted by molar-refractivity contribution is -0.134. The fourth-order valence-electron chi connectivity index (χ4n) is 4.31. The first-order valence-corrected chi connectivity index (χ1v) is 11.1. The van der Waals surface area contributed by atoms with Crippen molar-refractivity contribution in [1.82, 2.24) is 30.1 Å². The van der Waals surface area contributed by atoms with Gasteiger partial charge < -0.3 is 20.1 Å². The number of nitrogens with one attached hydrogen (secondary N) is 2. The smallest absolute Gasteiger partial charge is 0.253 e. The fourth-order valence-corrected chi connectivity index (χ4v) is 4.31. The van der Waals surface area contributed by atoms with Crippen molar-refractivity contribution in [3.8, 4) is 0 Å². The summed E-state index contributed by atoms with van der Waals surface area (Å²) in [5.74, 6) is -0.0494. The highest BCUT2D eigenvalue weighted by Crippen LogP contribution is 2.19. The maximum absolute atomic E-state index is 13.0. The van der Waals surface area contributed by atoms with E-state index in [9.17, 15) is 9.59 Å². The molecule has 3 aromatic heterocycles. The van der Waals surface area contributed by atoms with Crippen LogP contribution in [0.25, 0.3) is 11.0 Å². The molecule has 168 valence electrons. The molecule has 1 saturated heterocycles. The molecule has 8 heteroatoms. The van der Waals surface area contributed by atoms with Crippen molar-refractivity contribution in [2.24, 2.45) is 5.92 Å². The van der Waals surface area contributed by atoms with E-state index in [1.165, 1.54) is 0 Å². The molecule has 2 amide bonds. The van der Waals surface area contributed by atoms with Gasteiger partial charge in [-0.3, -0.25) is 14.6 Å². The number of aromatic nitrogens is 3. The Hall–Kier alpha value is -3.26. The van der Waals surface area contributed by atoms with E-state index in [0.717, 1.165) is 36.0 Å². The van der Waals surface area contributed by atoms with Crippen LogP contribution in [0.15, 0.2) is 48.9 Å². The van der Waals surface area contributed by atoms with E-state index in [4.69, 9.17) is 0 Å². The number of carbonyl (C=O) groups excluding carboxylic acids is 2. The summed E-state index contributed by atoms with van der Waals surface area (Å²) in [7, 11) is 3.87. The van der Waals surface area contributed by atoms with Gasteiger partial charge in [-0.1, -0.05) is 6.07 Å². The molecule has 4 heterocycles. The fraction of sp³-hybridized carbons (Fsp3) is 0.417. The molecule has 8 nitrogen and oxygen atoms in total. The third kappa shape index (κ3) is 5.31. The number of pyridine rings is 2. The van der Waals surface area contributed by atoms with Crippen molar-refractivity contribution in [2.45, 2.75) is 25.3 Å². The molecule has 1 fully saturated rings. The molecule has 0 saturated carbocycles. The molecule has 4 rings (SSSR count). The number of H-pyrrole nitrogens is 1. The molecular formula is C24H30N6O2. The zero-order chi connectivity index (χ0) is 22.5. The Bertz CT molecular complexity index is 1070. The molecule has 2 N–H and O–H groups in total. The van der Waals surface area contributed by atoms with Gasteiger partial charge in [0, 0.05) is 68.8 Å². The second-order valence-corrected chi connectivity index (χ2v) is 8.64. The average Bonchev–Trinajstić information content (AvgIpc) is 3.20. The third-order valence-corrected chi connectivity index (χ3v) is 6.08. The minimum Gasteiger partial charge on any atom is -0.348 e. The summed E-state index contributed by atoms with van der Waals surface area (Å²) in [4.78, 5) is 41.4. The predicted octanol–water partition coefficient (Wildman–Crippen LogP) is 2.10. The lowest BCUT2D eigenvalue weighted by Crippen LogP contribution is -2.42. The first-order valence-electron chi connectivity index (χ1n) is 11.1. The first-order chi connectivity index (χ1) is 15.5. The molecule has 0 spiro atoms. The van der Waals surface area contributed by atoms with E-state index in [2.05, 4.69) is 25.2 Å². The first kappa shape index (κ1) is 22.0. The summed E-state index contributed by atoms with van der Waals surface area (Å²) in [5.41, 5.74) is 2.30. The van der Waals surface area contributed by atoms with E-state index in [1.54, 1.807) is 12.4 Å². The minimum atomic E-state index is -0.128. The van der Waals surface area contributed by atoms with Gasteiger partial charge in [-0.15, -0.1) is 0 Å². The molecule has 2 atom stereocenters. The average molecular weight is 435 g/mol. The third-order valence-electron chi connectivity index (χ3n) is 6.08. The number of aromatic amines is 1. The Morgan fingerprint density at radius 3 is 2.91 bits per heavy atom. The number of hydrogen-bond acceptors (Lipinski definition) is 5. The van der Waals surface area contributed by atoms with Gasteiger partial charge in [-0.25, -0.2) is 4.98 Å². The van der Waals surface area contributed by atoms with Gasteiger partial charge >= 0.3 is 0 Å². The van der Waals surface area contributed by atoms with Crippen molar-refractivity contribution in [1.29, 1.82) is 0 Å². The summed E-state index contributed by atoms with van der Waals surface area (Å²) in [6, 6.07) is 9.58. The van der Waals surface area contributed by atoms with Crippen LogP contribution in [0.4, 0.5) is 0 Å². The van der Waals surface area contributed by atoms with Crippen LogP contribution in [-0.2, 0) is 11.2 Å². The molecule has 0 unspecified atom stereocenters. The number of rotatable bonds is 6. The predicted molar refractivity (Wildman–Crippen MR) is 123 cm³/mol. The van der Waals surface area contributed by atoms with Crippen molar-refractivity contribution >= 4 is 22.8 Å². The summed E-state index contributed by atoms with van der Waals surface area (Å²) in [5, 5.41) is 4.05. The zero-order valence-electron chi connectivity index (χ0n) is 18.6.